The monoisotopic (exact) mass is 366 g/mol. The lowest BCUT2D eigenvalue weighted by Crippen LogP contribution is -2.01. The van der Waals surface area contributed by atoms with Crippen molar-refractivity contribution in [3.05, 3.63) is 89.5 Å². The van der Waals surface area contributed by atoms with E-state index in [9.17, 15) is 4.79 Å². The number of nitrogens with zero attached hydrogens (tertiary/aromatic N) is 1. The van der Waals surface area contributed by atoms with Crippen molar-refractivity contribution in [1.82, 2.24) is 9.97 Å². The first-order chi connectivity index (χ1) is 13.7. The van der Waals surface area contributed by atoms with E-state index in [-0.39, 0.29) is 5.56 Å². The molecule has 4 heteroatoms. The van der Waals surface area contributed by atoms with Gasteiger partial charge in [-0.3, -0.25) is 0 Å². The number of carboxylic acid groups (broad SMARTS) is 1. The standard InChI is InChI=1S/C24H18N2O2/c27-24(28)18-13-11-17(12-14-18)23-25-21-19-7-3-1-5-15(19)9-10-16-6-2-4-8-20(16)22(21)26-23/h1-8,11-14H,9-10H2,(H,25,26)(H,27,28). The van der Waals surface area contributed by atoms with Gasteiger partial charge in [-0.15, -0.1) is 0 Å². The number of hydrogen-bond acceptors (Lipinski definition) is 2. The highest BCUT2D eigenvalue weighted by atomic mass is 16.4. The predicted octanol–water partition coefficient (Wildman–Crippen LogP) is 5.21. The van der Waals surface area contributed by atoms with E-state index in [1.807, 2.05) is 6.07 Å². The topological polar surface area (TPSA) is 66.0 Å². The van der Waals surface area contributed by atoms with E-state index in [0.29, 0.717) is 0 Å². The van der Waals surface area contributed by atoms with Crippen LogP contribution >= 0.6 is 0 Å². The first-order valence-electron chi connectivity index (χ1n) is 9.31. The van der Waals surface area contributed by atoms with Crippen molar-refractivity contribution in [2.24, 2.45) is 0 Å². The normalized spacial score (nSPS) is 12.3. The second kappa shape index (κ2) is 6.50. The Morgan fingerprint density at radius 1 is 0.821 bits per heavy atom. The Labute approximate surface area is 162 Å². The summed E-state index contributed by atoms with van der Waals surface area (Å²) in [4.78, 5) is 19.6. The molecule has 0 fully saturated rings. The third-order valence-electron chi connectivity index (χ3n) is 5.33. The molecule has 28 heavy (non-hydrogen) atoms. The zero-order valence-corrected chi connectivity index (χ0v) is 15.1. The van der Waals surface area contributed by atoms with Crippen LogP contribution in [0.2, 0.25) is 0 Å². The molecule has 0 atom stereocenters. The van der Waals surface area contributed by atoms with E-state index in [4.69, 9.17) is 10.1 Å². The zero-order chi connectivity index (χ0) is 19.1. The maximum Gasteiger partial charge on any atom is 0.335 e. The maximum atomic E-state index is 11.1. The second-order valence-electron chi connectivity index (χ2n) is 7.01. The lowest BCUT2D eigenvalue weighted by atomic mass is 9.89. The summed E-state index contributed by atoms with van der Waals surface area (Å²) in [5.41, 5.74) is 8.01. The molecule has 5 rings (SSSR count). The van der Waals surface area contributed by atoms with Gasteiger partial charge in [-0.2, -0.15) is 0 Å². The van der Waals surface area contributed by atoms with Crippen molar-refractivity contribution < 1.29 is 9.90 Å². The molecule has 2 N–H and O–H groups in total. The summed E-state index contributed by atoms with van der Waals surface area (Å²) in [6.45, 7) is 0. The van der Waals surface area contributed by atoms with E-state index < -0.39 is 5.97 Å². The molecule has 0 radical (unpaired) electrons. The number of aryl methyl sites for hydroxylation is 2. The van der Waals surface area contributed by atoms with Crippen LogP contribution in [0.5, 0.6) is 0 Å². The number of hydrogen-bond donors (Lipinski definition) is 2. The summed E-state index contributed by atoms with van der Waals surface area (Å²) in [6, 6.07) is 23.7. The molecule has 1 heterocycles. The number of aromatic amines is 1. The summed E-state index contributed by atoms with van der Waals surface area (Å²) in [6.07, 6.45) is 1.95. The Balaban J connectivity index is 1.72. The van der Waals surface area contributed by atoms with Crippen LogP contribution in [0.25, 0.3) is 33.9 Å². The molecular weight excluding hydrogens is 348 g/mol. The molecule has 1 aliphatic carbocycles. The van der Waals surface area contributed by atoms with E-state index in [2.05, 4.69) is 47.4 Å². The van der Waals surface area contributed by atoms with Crippen LogP contribution in [-0.4, -0.2) is 21.0 Å². The summed E-state index contributed by atoms with van der Waals surface area (Å²) in [5, 5.41) is 9.14. The van der Waals surface area contributed by atoms with Crippen LogP contribution in [0.4, 0.5) is 0 Å². The lowest BCUT2D eigenvalue weighted by molar-refractivity contribution is 0.0697. The fourth-order valence-electron chi connectivity index (χ4n) is 3.89. The molecular formula is C24H18N2O2. The van der Waals surface area contributed by atoms with Gasteiger partial charge in [-0.25, -0.2) is 9.78 Å². The number of carboxylic acids is 1. The number of imidazole rings is 1. The number of H-pyrrole nitrogens is 1. The summed E-state index contributed by atoms with van der Waals surface area (Å²) >= 11 is 0. The predicted molar refractivity (Wildman–Crippen MR) is 109 cm³/mol. The average molecular weight is 366 g/mol. The van der Waals surface area contributed by atoms with Crippen LogP contribution < -0.4 is 0 Å². The van der Waals surface area contributed by atoms with Crippen LogP contribution in [-0.2, 0) is 12.8 Å². The van der Waals surface area contributed by atoms with Gasteiger partial charge in [0.2, 0.25) is 0 Å². The Morgan fingerprint density at radius 2 is 1.43 bits per heavy atom. The molecule has 0 saturated carbocycles. The lowest BCUT2D eigenvalue weighted by Gasteiger charge is -2.16. The number of benzene rings is 3. The maximum absolute atomic E-state index is 11.1. The van der Waals surface area contributed by atoms with Crippen molar-refractivity contribution in [3.63, 3.8) is 0 Å². The van der Waals surface area contributed by atoms with Crippen LogP contribution in [0, 0.1) is 0 Å². The Morgan fingerprint density at radius 3 is 2.11 bits per heavy atom. The summed E-state index contributed by atoms with van der Waals surface area (Å²) < 4.78 is 0. The Hall–Kier alpha value is -3.66. The molecule has 0 aliphatic heterocycles. The van der Waals surface area contributed by atoms with Gasteiger partial charge in [0.25, 0.3) is 0 Å². The van der Waals surface area contributed by atoms with Crippen LogP contribution in [0.1, 0.15) is 21.5 Å². The van der Waals surface area contributed by atoms with Gasteiger partial charge >= 0.3 is 5.97 Å². The molecule has 0 saturated heterocycles. The van der Waals surface area contributed by atoms with Gasteiger partial charge in [-0.05, 0) is 36.1 Å². The fraction of sp³-hybridized carbons (Fsp3) is 0.0833. The molecule has 0 bridgehead atoms. The molecule has 136 valence electrons. The number of fused-ring (bicyclic) bond motifs is 5. The third-order valence-corrected chi connectivity index (χ3v) is 5.33. The summed E-state index contributed by atoms with van der Waals surface area (Å²) in [5.74, 6) is -0.186. The largest absolute Gasteiger partial charge is 0.478 e. The van der Waals surface area contributed by atoms with Gasteiger partial charge in [0, 0.05) is 16.7 Å². The fourth-order valence-corrected chi connectivity index (χ4v) is 3.89. The minimum Gasteiger partial charge on any atom is -0.478 e. The average Bonchev–Trinajstić information content (AvgIpc) is 3.16. The second-order valence-corrected chi connectivity index (χ2v) is 7.01. The van der Waals surface area contributed by atoms with Crippen molar-refractivity contribution in [2.45, 2.75) is 12.8 Å². The van der Waals surface area contributed by atoms with E-state index in [1.165, 1.54) is 16.7 Å². The number of rotatable bonds is 2. The quantitative estimate of drug-likeness (QED) is 0.512. The van der Waals surface area contributed by atoms with Crippen LogP contribution in [0.15, 0.2) is 72.8 Å². The zero-order valence-electron chi connectivity index (χ0n) is 15.1. The van der Waals surface area contributed by atoms with Gasteiger partial charge < -0.3 is 10.1 Å². The van der Waals surface area contributed by atoms with Gasteiger partial charge in [0.05, 0.1) is 17.0 Å². The van der Waals surface area contributed by atoms with Gasteiger partial charge in [0.1, 0.15) is 5.82 Å². The Bertz CT molecular complexity index is 1120. The minimum absolute atomic E-state index is 0.268. The molecule has 0 spiro atoms. The highest BCUT2D eigenvalue weighted by Gasteiger charge is 2.21. The van der Waals surface area contributed by atoms with E-state index in [1.54, 1.807) is 24.3 Å². The number of aromatic carboxylic acids is 1. The number of nitrogens with one attached hydrogen (secondary N) is 1. The SMILES string of the molecule is O=C(O)c1ccc(-c2nc3c([nH]2)-c2ccccc2CCc2ccccc2-3)cc1. The molecule has 1 aromatic heterocycles. The van der Waals surface area contributed by atoms with Crippen molar-refractivity contribution in [1.29, 1.82) is 0 Å². The molecule has 1 aliphatic rings. The summed E-state index contributed by atoms with van der Waals surface area (Å²) in [7, 11) is 0. The number of aromatic nitrogens is 2. The first-order valence-corrected chi connectivity index (χ1v) is 9.31. The highest BCUT2D eigenvalue weighted by Crippen LogP contribution is 2.38. The van der Waals surface area contributed by atoms with Crippen molar-refractivity contribution in [3.8, 4) is 33.9 Å². The van der Waals surface area contributed by atoms with Crippen molar-refractivity contribution >= 4 is 5.97 Å². The molecule has 4 aromatic rings. The number of carbonyl (C=O) groups is 1. The first kappa shape index (κ1) is 16.5. The van der Waals surface area contributed by atoms with Gasteiger partial charge in [0.15, 0.2) is 0 Å². The molecule has 0 amide bonds. The van der Waals surface area contributed by atoms with Gasteiger partial charge in [-0.1, -0.05) is 60.7 Å². The highest BCUT2D eigenvalue weighted by molar-refractivity contribution is 5.89. The molecule has 3 aromatic carbocycles. The van der Waals surface area contributed by atoms with E-state index in [0.717, 1.165) is 41.2 Å². The third kappa shape index (κ3) is 2.70. The van der Waals surface area contributed by atoms with Crippen molar-refractivity contribution in [2.75, 3.05) is 0 Å². The Kier molecular flexibility index (Phi) is 3.83. The molecule has 4 nitrogen and oxygen atoms in total. The van der Waals surface area contributed by atoms with E-state index >= 15 is 0 Å². The molecule has 0 unspecified atom stereocenters. The van der Waals surface area contributed by atoms with Crippen LogP contribution in [0.3, 0.4) is 0 Å². The smallest absolute Gasteiger partial charge is 0.335 e. The minimum atomic E-state index is -0.930.